The van der Waals surface area contributed by atoms with E-state index in [-0.39, 0.29) is 41.5 Å². The molecule has 2 aliphatic heterocycles. The average Bonchev–Trinajstić information content (AvgIpc) is 3.30. The van der Waals surface area contributed by atoms with Crippen LogP contribution < -0.4 is 5.73 Å². The highest BCUT2D eigenvalue weighted by Gasteiger charge is 2.64. The van der Waals surface area contributed by atoms with Gasteiger partial charge in [-0.3, -0.25) is 13.7 Å². The lowest BCUT2D eigenvalue weighted by atomic mass is 9.52. The minimum Gasteiger partial charge on any atom is -0.382 e. The van der Waals surface area contributed by atoms with Crippen LogP contribution in [-0.2, 0) is 18.6 Å². The van der Waals surface area contributed by atoms with Gasteiger partial charge >= 0.3 is 0 Å². The first kappa shape index (κ1) is 18.0. The van der Waals surface area contributed by atoms with Crippen molar-refractivity contribution in [2.24, 2.45) is 0 Å². The fourth-order valence-electron chi connectivity index (χ4n) is 4.25. The van der Waals surface area contributed by atoms with Crippen LogP contribution in [0.15, 0.2) is 12.7 Å². The Kier molecular flexibility index (Phi) is 4.59. The van der Waals surface area contributed by atoms with E-state index in [1.165, 1.54) is 6.33 Å². The van der Waals surface area contributed by atoms with Gasteiger partial charge in [-0.1, -0.05) is 13.6 Å². The van der Waals surface area contributed by atoms with Crippen LogP contribution in [-0.4, -0.2) is 50.7 Å². The molecule has 2 N–H and O–H groups in total. The summed E-state index contributed by atoms with van der Waals surface area (Å²) in [6, 6.07) is 0. The van der Waals surface area contributed by atoms with E-state index >= 15 is 0 Å². The second kappa shape index (κ2) is 6.64. The number of nitrogens with zero attached hydrogens (tertiary/aromatic N) is 4. The van der Waals surface area contributed by atoms with Gasteiger partial charge in [0.05, 0.1) is 35.2 Å². The summed E-state index contributed by atoms with van der Waals surface area (Å²) in [6.07, 6.45) is 2.55. The van der Waals surface area contributed by atoms with Gasteiger partial charge < -0.3 is 15.2 Å². The molecule has 0 unspecified atom stereocenters. The average molecular weight is 391 g/mol. The van der Waals surface area contributed by atoms with Gasteiger partial charge in [0.15, 0.2) is 17.7 Å². The van der Waals surface area contributed by atoms with Crippen molar-refractivity contribution in [3.63, 3.8) is 0 Å². The van der Waals surface area contributed by atoms with Gasteiger partial charge in [-0.25, -0.2) is 15.0 Å². The number of imidazole rings is 1. The molecule has 4 heterocycles. The van der Waals surface area contributed by atoms with Gasteiger partial charge in [0.2, 0.25) is 0 Å². The Hall–Kier alpha value is -1.40. The van der Waals surface area contributed by atoms with Crippen molar-refractivity contribution < 1.29 is 18.6 Å². The van der Waals surface area contributed by atoms with Crippen LogP contribution >= 0.6 is 16.7 Å². The summed E-state index contributed by atoms with van der Waals surface area (Å²) in [7, 11) is 0.0960. The first-order valence-electron chi connectivity index (χ1n) is 8.38. The predicted octanol–water partition coefficient (Wildman–Crippen LogP) is 2.27. The third kappa shape index (κ3) is 2.61. The molecule has 2 aromatic heterocycles. The standard InChI is InChI=1S/C13H17B2N5O4P2/c1-14(25-21)3-13-4-23-8(9(13)15(2)26-22)12(24-13)20-6-19-7-10(16)17-5-18-11(7)20/h5-6,8-9,12H,3-4H2,1-2H3,(H2,16,17,18)/t8-,9+,12+,13+/m1/s1. The number of hydrogen-bond donors (Lipinski definition) is 1. The van der Waals surface area contributed by atoms with Crippen molar-refractivity contribution in [1.29, 1.82) is 0 Å². The number of nitrogens with two attached hydrogens (primary N) is 1. The van der Waals surface area contributed by atoms with Crippen molar-refractivity contribution in [2.45, 2.75) is 43.7 Å². The normalized spacial score (nSPS) is 30.5. The summed E-state index contributed by atoms with van der Waals surface area (Å²) in [6.45, 7) is 4.19. The number of aromatic nitrogens is 4. The number of rotatable bonds is 6. The van der Waals surface area contributed by atoms with E-state index in [4.69, 9.17) is 15.2 Å². The van der Waals surface area contributed by atoms with E-state index in [1.54, 1.807) is 10.9 Å². The van der Waals surface area contributed by atoms with Gasteiger partial charge in [0.25, 0.3) is 12.9 Å². The smallest absolute Gasteiger partial charge is 0.263 e. The lowest BCUT2D eigenvalue weighted by molar-refractivity contribution is -0.163. The van der Waals surface area contributed by atoms with E-state index < -0.39 is 11.8 Å². The molecule has 0 radical (unpaired) electrons. The molecule has 2 bridgehead atoms. The molecule has 4 atom stereocenters. The maximum atomic E-state index is 11.6. The molecule has 0 aromatic carbocycles. The minimum atomic E-state index is -0.641. The molecule has 0 aliphatic carbocycles. The van der Waals surface area contributed by atoms with Crippen LogP contribution in [0.4, 0.5) is 5.82 Å². The maximum absolute atomic E-state index is 11.6. The molecule has 0 amide bonds. The summed E-state index contributed by atoms with van der Waals surface area (Å²) in [5.41, 5.74) is 6.30. The van der Waals surface area contributed by atoms with E-state index in [9.17, 15) is 9.13 Å². The molecular formula is C13H17B2N5O4P2. The van der Waals surface area contributed by atoms with E-state index in [0.29, 0.717) is 29.9 Å². The first-order valence-corrected chi connectivity index (χ1v) is 10.1. The van der Waals surface area contributed by atoms with Gasteiger partial charge in [0, 0.05) is 5.82 Å². The Morgan fingerprint density at radius 1 is 1.35 bits per heavy atom. The van der Waals surface area contributed by atoms with Crippen molar-refractivity contribution in [2.75, 3.05) is 12.3 Å². The SMILES string of the molecule is CB(C[C@@]12CO[C@@H]([C@@H](n3cnc4c(N)ncnc43)O1)[C@@H]2B(C)P=O)P=O. The van der Waals surface area contributed by atoms with Crippen LogP contribution in [0.5, 0.6) is 0 Å². The van der Waals surface area contributed by atoms with E-state index in [0.717, 1.165) is 0 Å². The molecule has 0 spiro atoms. The number of anilines is 1. The summed E-state index contributed by atoms with van der Waals surface area (Å²) in [5, 5.41) is 0. The monoisotopic (exact) mass is 391 g/mol. The summed E-state index contributed by atoms with van der Waals surface area (Å²) in [4.78, 5) is 12.5. The molecule has 2 aromatic rings. The Balaban J connectivity index is 1.76. The fourth-order valence-corrected chi connectivity index (χ4v) is 5.20. The zero-order chi connectivity index (χ0) is 18.5. The van der Waals surface area contributed by atoms with Crippen molar-refractivity contribution >= 4 is 46.5 Å². The van der Waals surface area contributed by atoms with Crippen molar-refractivity contribution in [1.82, 2.24) is 19.5 Å². The Labute approximate surface area is 153 Å². The van der Waals surface area contributed by atoms with Crippen molar-refractivity contribution in [3.05, 3.63) is 12.7 Å². The highest BCUT2D eigenvalue weighted by molar-refractivity contribution is 7.67. The predicted molar refractivity (Wildman–Crippen MR) is 99.3 cm³/mol. The van der Waals surface area contributed by atoms with Crippen LogP contribution in [0.1, 0.15) is 6.23 Å². The van der Waals surface area contributed by atoms with Crippen LogP contribution in [0.3, 0.4) is 0 Å². The Morgan fingerprint density at radius 2 is 2.15 bits per heavy atom. The third-order valence-electron chi connectivity index (χ3n) is 5.29. The summed E-state index contributed by atoms with van der Waals surface area (Å²) >= 11 is 0. The summed E-state index contributed by atoms with van der Waals surface area (Å²) in [5.74, 6) is 0.210. The molecule has 26 heavy (non-hydrogen) atoms. The molecule has 4 rings (SSSR count). The van der Waals surface area contributed by atoms with Gasteiger partial charge in [0.1, 0.15) is 17.9 Å². The second-order valence-corrected chi connectivity index (χ2v) is 9.08. The Morgan fingerprint density at radius 3 is 2.88 bits per heavy atom. The van der Waals surface area contributed by atoms with E-state index in [1.807, 2.05) is 13.6 Å². The minimum absolute atomic E-state index is 0.0380. The van der Waals surface area contributed by atoms with Gasteiger partial charge in [-0.05, 0) is 6.32 Å². The quantitative estimate of drug-likeness (QED) is 0.588. The lowest BCUT2D eigenvalue weighted by Gasteiger charge is -2.33. The number of fused-ring (bicyclic) bond motifs is 3. The molecule has 2 fully saturated rings. The number of ether oxygens (including phenoxy) is 2. The highest BCUT2D eigenvalue weighted by Crippen LogP contribution is 2.58. The first-order chi connectivity index (χ1) is 12.5. The zero-order valence-electron chi connectivity index (χ0n) is 14.3. The van der Waals surface area contributed by atoms with Crippen molar-refractivity contribution in [3.8, 4) is 0 Å². The Bertz CT molecular complexity index is 872. The largest absolute Gasteiger partial charge is 0.382 e. The molecule has 134 valence electrons. The molecule has 0 saturated carbocycles. The van der Waals surface area contributed by atoms with Gasteiger partial charge in [-0.15, -0.1) is 0 Å². The maximum Gasteiger partial charge on any atom is 0.263 e. The molecular weight excluding hydrogens is 374 g/mol. The second-order valence-electron chi connectivity index (χ2n) is 6.96. The molecule has 2 saturated heterocycles. The van der Waals surface area contributed by atoms with Gasteiger partial charge in [-0.2, -0.15) is 0 Å². The molecule has 2 aliphatic rings. The van der Waals surface area contributed by atoms with Crippen LogP contribution in [0.25, 0.3) is 11.2 Å². The third-order valence-corrected chi connectivity index (χ3v) is 6.48. The van der Waals surface area contributed by atoms with E-state index in [2.05, 4.69) is 15.0 Å². The molecule has 13 heteroatoms. The lowest BCUT2D eigenvalue weighted by Crippen LogP contribution is -2.40. The topological polar surface area (TPSA) is 122 Å². The zero-order valence-corrected chi connectivity index (χ0v) is 16.1. The fraction of sp³-hybridized carbons (Fsp3) is 0.615. The number of hydrogen-bond acceptors (Lipinski definition) is 8. The van der Waals surface area contributed by atoms with Crippen LogP contribution in [0, 0.1) is 0 Å². The van der Waals surface area contributed by atoms with Crippen LogP contribution in [0.2, 0.25) is 25.8 Å². The highest BCUT2D eigenvalue weighted by atomic mass is 31.1. The summed E-state index contributed by atoms with van der Waals surface area (Å²) < 4.78 is 37.3. The molecule has 9 nitrogen and oxygen atoms in total. The number of nitrogen functional groups attached to an aromatic ring is 1.